The van der Waals surface area contributed by atoms with Gasteiger partial charge in [-0.05, 0) is 65.0 Å². The first-order valence-electron chi connectivity index (χ1n) is 9.48. The number of thiophene rings is 1. The monoisotopic (exact) mass is 455 g/mol. The first kappa shape index (κ1) is 18.2. The number of halogens is 1. The molecule has 0 atom stereocenters. The van der Waals surface area contributed by atoms with Crippen molar-refractivity contribution in [3.8, 4) is 11.1 Å². The zero-order chi connectivity index (χ0) is 19.6. The molecule has 0 aliphatic rings. The van der Waals surface area contributed by atoms with Gasteiger partial charge in [0.25, 0.3) is 0 Å². The molecule has 5 aromatic rings. The van der Waals surface area contributed by atoms with Crippen molar-refractivity contribution in [1.29, 1.82) is 0 Å². The van der Waals surface area contributed by atoms with Gasteiger partial charge in [0.15, 0.2) is 0 Å². The fourth-order valence-corrected chi connectivity index (χ4v) is 4.87. The highest BCUT2D eigenvalue weighted by Gasteiger charge is 2.15. The summed E-state index contributed by atoms with van der Waals surface area (Å²) in [5.74, 6) is 0. The van der Waals surface area contributed by atoms with Gasteiger partial charge >= 0.3 is 0 Å². The van der Waals surface area contributed by atoms with E-state index in [-0.39, 0.29) is 0 Å². The Kier molecular flexibility index (Phi) is 4.92. The van der Waals surface area contributed by atoms with Gasteiger partial charge in [0.2, 0.25) is 0 Å². The summed E-state index contributed by atoms with van der Waals surface area (Å²) in [6, 6.07) is 38.6. The van der Waals surface area contributed by atoms with Crippen LogP contribution in [0.25, 0.3) is 21.2 Å². The fourth-order valence-electron chi connectivity index (χ4n) is 3.50. The third-order valence-electron chi connectivity index (χ3n) is 4.95. The Labute approximate surface area is 183 Å². The summed E-state index contributed by atoms with van der Waals surface area (Å²) < 4.78 is 2.40. The predicted octanol–water partition coefficient (Wildman–Crippen LogP) is 8.80. The van der Waals surface area contributed by atoms with Crippen LogP contribution in [0.3, 0.4) is 0 Å². The van der Waals surface area contributed by atoms with Gasteiger partial charge < -0.3 is 4.90 Å². The summed E-state index contributed by atoms with van der Waals surface area (Å²) in [6.45, 7) is 0. The number of hydrogen-bond donors (Lipinski definition) is 0. The van der Waals surface area contributed by atoms with Gasteiger partial charge in [-0.3, -0.25) is 0 Å². The maximum Gasteiger partial charge on any atom is 0.101 e. The molecule has 4 aromatic carbocycles. The minimum absolute atomic E-state index is 1.10. The van der Waals surface area contributed by atoms with Crippen LogP contribution in [-0.2, 0) is 0 Å². The Morgan fingerprint density at radius 2 is 1.17 bits per heavy atom. The lowest BCUT2D eigenvalue weighted by molar-refractivity contribution is 1.32. The molecule has 0 unspecified atom stereocenters. The second kappa shape index (κ2) is 7.86. The summed E-state index contributed by atoms with van der Waals surface area (Å²) in [7, 11) is 0. The van der Waals surface area contributed by atoms with E-state index in [2.05, 4.69) is 130 Å². The normalized spacial score (nSPS) is 10.9. The summed E-state index contributed by atoms with van der Waals surface area (Å²) >= 11 is 5.33. The number of nitrogens with zero attached hydrogens (tertiary/aromatic N) is 1. The minimum Gasteiger partial charge on any atom is -0.302 e. The van der Waals surface area contributed by atoms with Crippen molar-refractivity contribution >= 4 is 53.7 Å². The summed E-state index contributed by atoms with van der Waals surface area (Å²) in [6.07, 6.45) is 0. The molecule has 0 aliphatic carbocycles. The van der Waals surface area contributed by atoms with Crippen LogP contribution in [-0.4, -0.2) is 0 Å². The van der Waals surface area contributed by atoms with Crippen LogP contribution in [0.4, 0.5) is 16.4 Å². The smallest absolute Gasteiger partial charge is 0.101 e. The number of benzene rings is 4. The summed E-state index contributed by atoms with van der Waals surface area (Å²) in [4.78, 5) is 2.33. The van der Waals surface area contributed by atoms with Gasteiger partial charge in [0, 0.05) is 20.5 Å². The Morgan fingerprint density at radius 3 is 1.86 bits per heavy atom. The maximum absolute atomic E-state index is 3.51. The highest BCUT2D eigenvalue weighted by atomic mass is 79.9. The van der Waals surface area contributed by atoms with Gasteiger partial charge in [-0.15, -0.1) is 11.3 Å². The number of fused-ring (bicyclic) bond motifs is 1. The average Bonchev–Trinajstić information content (AvgIpc) is 3.19. The molecule has 5 rings (SSSR count). The minimum atomic E-state index is 1.10. The lowest BCUT2D eigenvalue weighted by atomic mass is 10.1. The molecular formula is C26H18BrNS. The SMILES string of the molecule is Brc1ccc(-c2ccc(N(c3ccccc3)c3cc4ccccc4s3)cc2)cc1. The molecule has 1 aromatic heterocycles. The molecule has 3 heteroatoms. The predicted molar refractivity (Wildman–Crippen MR) is 130 cm³/mol. The zero-order valence-electron chi connectivity index (χ0n) is 15.6. The molecule has 29 heavy (non-hydrogen) atoms. The molecule has 0 spiro atoms. The number of rotatable bonds is 4. The third-order valence-corrected chi connectivity index (χ3v) is 6.58. The standard InChI is InChI=1S/C26H18BrNS/c27-22-14-10-19(11-15-22)20-12-16-24(17-13-20)28(23-7-2-1-3-8-23)26-18-21-6-4-5-9-25(21)29-26/h1-18H. The van der Waals surface area contributed by atoms with E-state index in [0.29, 0.717) is 0 Å². The van der Waals surface area contributed by atoms with Crippen LogP contribution in [0.5, 0.6) is 0 Å². The van der Waals surface area contributed by atoms with Gasteiger partial charge in [0.1, 0.15) is 5.00 Å². The quantitative estimate of drug-likeness (QED) is 0.261. The summed E-state index contributed by atoms with van der Waals surface area (Å²) in [5, 5.41) is 2.49. The number of para-hydroxylation sites is 1. The lowest BCUT2D eigenvalue weighted by Crippen LogP contribution is -2.07. The highest BCUT2D eigenvalue weighted by molar-refractivity contribution is 9.10. The van der Waals surface area contributed by atoms with E-state index < -0.39 is 0 Å². The van der Waals surface area contributed by atoms with Crippen molar-refractivity contribution in [2.45, 2.75) is 0 Å². The van der Waals surface area contributed by atoms with E-state index in [0.717, 1.165) is 15.8 Å². The van der Waals surface area contributed by atoms with Gasteiger partial charge in [-0.1, -0.05) is 76.6 Å². The van der Waals surface area contributed by atoms with E-state index in [1.165, 1.54) is 26.2 Å². The fraction of sp³-hybridized carbons (Fsp3) is 0. The summed E-state index contributed by atoms with van der Waals surface area (Å²) in [5.41, 5.74) is 4.75. The first-order valence-corrected chi connectivity index (χ1v) is 11.1. The largest absolute Gasteiger partial charge is 0.302 e. The van der Waals surface area contributed by atoms with E-state index in [4.69, 9.17) is 0 Å². The van der Waals surface area contributed by atoms with E-state index in [1.54, 1.807) is 0 Å². The molecule has 1 nitrogen and oxygen atoms in total. The van der Waals surface area contributed by atoms with Crippen molar-refractivity contribution < 1.29 is 0 Å². The zero-order valence-corrected chi connectivity index (χ0v) is 18.0. The molecule has 0 saturated heterocycles. The second-order valence-electron chi connectivity index (χ2n) is 6.85. The average molecular weight is 456 g/mol. The van der Waals surface area contributed by atoms with Crippen molar-refractivity contribution in [2.24, 2.45) is 0 Å². The molecule has 0 radical (unpaired) electrons. The van der Waals surface area contributed by atoms with Crippen LogP contribution in [0.1, 0.15) is 0 Å². The van der Waals surface area contributed by atoms with Crippen molar-refractivity contribution in [3.63, 3.8) is 0 Å². The molecule has 0 aliphatic heterocycles. The molecule has 0 fully saturated rings. The highest BCUT2D eigenvalue weighted by Crippen LogP contribution is 2.41. The Bertz CT molecular complexity index is 1210. The number of anilines is 3. The molecule has 1 heterocycles. The Hall–Kier alpha value is -2.88. The topological polar surface area (TPSA) is 3.24 Å². The molecule has 0 amide bonds. The number of hydrogen-bond acceptors (Lipinski definition) is 2. The second-order valence-corrected chi connectivity index (χ2v) is 8.83. The van der Waals surface area contributed by atoms with Crippen LogP contribution >= 0.6 is 27.3 Å². The lowest BCUT2D eigenvalue weighted by Gasteiger charge is -2.23. The van der Waals surface area contributed by atoms with Crippen molar-refractivity contribution in [1.82, 2.24) is 0 Å². The first-order chi connectivity index (χ1) is 14.3. The van der Waals surface area contributed by atoms with E-state index in [1.807, 2.05) is 11.3 Å². The Balaban J connectivity index is 1.58. The molecule has 0 saturated carbocycles. The van der Waals surface area contributed by atoms with Crippen molar-refractivity contribution in [2.75, 3.05) is 4.90 Å². The molecular weight excluding hydrogens is 438 g/mol. The van der Waals surface area contributed by atoms with Crippen LogP contribution in [0.15, 0.2) is 114 Å². The third kappa shape index (κ3) is 3.71. The van der Waals surface area contributed by atoms with Crippen LogP contribution < -0.4 is 4.90 Å². The van der Waals surface area contributed by atoms with Crippen LogP contribution in [0, 0.1) is 0 Å². The maximum atomic E-state index is 3.51. The van der Waals surface area contributed by atoms with E-state index >= 15 is 0 Å². The van der Waals surface area contributed by atoms with Crippen molar-refractivity contribution in [3.05, 3.63) is 114 Å². The molecule has 140 valence electrons. The van der Waals surface area contributed by atoms with Gasteiger partial charge in [-0.25, -0.2) is 0 Å². The van der Waals surface area contributed by atoms with Crippen LogP contribution in [0.2, 0.25) is 0 Å². The Morgan fingerprint density at radius 1 is 0.586 bits per heavy atom. The van der Waals surface area contributed by atoms with Gasteiger partial charge in [0.05, 0.1) is 0 Å². The van der Waals surface area contributed by atoms with Gasteiger partial charge in [-0.2, -0.15) is 0 Å². The van der Waals surface area contributed by atoms with E-state index in [9.17, 15) is 0 Å². The molecule has 0 bridgehead atoms. The molecule has 0 N–H and O–H groups in total.